The highest BCUT2D eigenvalue weighted by molar-refractivity contribution is 9.10. The summed E-state index contributed by atoms with van der Waals surface area (Å²) in [5, 5.41) is 8.94. The van der Waals surface area contributed by atoms with Crippen LogP contribution in [0, 0.1) is 5.92 Å². The second-order valence-corrected chi connectivity index (χ2v) is 5.27. The van der Waals surface area contributed by atoms with E-state index in [9.17, 15) is 9.59 Å². The molecule has 0 saturated carbocycles. The number of carbonyl (C=O) groups is 2. The number of hydrogen-bond donors (Lipinski definition) is 1. The van der Waals surface area contributed by atoms with Gasteiger partial charge in [0.15, 0.2) is 5.58 Å². The maximum absolute atomic E-state index is 11.8. The number of carbonyl (C=O) groups excluding carboxylic acids is 1. The van der Waals surface area contributed by atoms with Gasteiger partial charge in [-0.15, -0.1) is 0 Å². The van der Waals surface area contributed by atoms with Gasteiger partial charge in [-0.1, -0.05) is 15.9 Å². The zero-order valence-electron chi connectivity index (χ0n) is 9.67. The molecule has 0 aliphatic carbocycles. The van der Waals surface area contributed by atoms with E-state index in [2.05, 4.69) is 20.9 Å². The van der Waals surface area contributed by atoms with Crippen molar-refractivity contribution in [1.82, 2.24) is 4.98 Å². The Morgan fingerprint density at radius 1 is 1.53 bits per heavy atom. The molecule has 1 atom stereocenters. The van der Waals surface area contributed by atoms with Crippen molar-refractivity contribution in [2.75, 3.05) is 11.4 Å². The summed E-state index contributed by atoms with van der Waals surface area (Å²) < 4.78 is 6.35. The zero-order valence-corrected chi connectivity index (χ0v) is 11.3. The van der Waals surface area contributed by atoms with Crippen LogP contribution in [0.25, 0.3) is 11.1 Å². The Bertz CT molecular complexity index is 681. The van der Waals surface area contributed by atoms with Crippen LogP contribution >= 0.6 is 15.9 Å². The number of carboxylic acids is 1. The van der Waals surface area contributed by atoms with Gasteiger partial charge in [-0.25, -0.2) is 0 Å². The van der Waals surface area contributed by atoms with E-state index in [-0.39, 0.29) is 24.9 Å². The van der Waals surface area contributed by atoms with Crippen molar-refractivity contribution < 1.29 is 19.1 Å². The van der Waals surface area contributed by atoms with Gasteiger partial charge < -0.3 is 9.52 Å². The van der Waals surface area contributed by atoms with Gasteiger partial charge >= 0.3 is 12.0 Å². The van der Waals surface area contributed by atoms with Crippen LogP contribution < -0.4 is 4.90 Å². The maximum Gasteiger partial charge on any atom is 0.308 e. The molecule has 1 saturated heterocycles. The van der Waals surface area contributed by atoms with Crippen molar-refractivity contribution >= 4 is 44.9 Å². The molecule has 7 heteroatoms. The fourth-order valence-corrected chi connectivity index (χ4v) is 2.40. The third-order valence-electron chi connectivity index (χ3n) is 3.04. The lowest BCUT2D eigenvalue weighted by atomic mass is 10.1. The molecule has 2 aromatic rings. The minimum absolute atomic E-state index is 0.0161. The molecule has 1 aliphatic rings. The molecule has 1 aliphatic heterocycles. The van der Waals surface area contributed by atoms with Gasteiger partial charge in [-0.3, -0.25) is 14.5 Å². The van der Waals surface area contributed by atoms with Gasteiger partial charge in [-0.2, -0.15) is 4.98 Å². The summed E-state index contributed by atoms with van der Waals surface area (Å²) in [6.07, 6.45) is -0.0161. The Hall–Kier alpha value is -1.89. The number of oxazole rings is 1. The van der Waals surface area contributed by atoms with E-state index in [0.717, 1.165) is 4.47 Å². The van der Waals surface area contributed by atoms with E-state index in [4.69, 9.17) is 9.52 Å². The van der Waals surface area contributed by atoms with E-state index < -0.39 is 11.9 Å². The number of anilines is 1. The van der Waals surface area contributed by atoms with Crippen LogP contribution in [-0.4, -0.2) is 28.5 Å². The molecule has 1 N–H and O–H groups in total. The Morgan fingerprint density at radius 3 is 3.00 bits per heavy atom. The Kier molecular flexibility index (Phi) is 2.78. The monoisotopic (exact) mass is 324 g/mol. The molecule has 2 heterocycles. The molecular weight excluding hydrogens is 316 g/mol. The summed E-state index contributed by atoms with van der Waals surface area (Å²) in [4.78, 5) is 28.2. The molecule has 1 unspecified atom stereocenters. The number of halogens is 1. The number of nitrogens with zero attached hydrogens (tertiary/aromatic N) is 2. The predicted molar refractivity (Wildman–Crippen MR) is 69.8 cm³/mol. The number of aromatic nitrogens is 1. The molecule has 1 fully saturated rings. The largest absolute Gasteiger partial charge is 0.481 e. The summed E-state index contributed by atoms with van der Waals surface area (Å²) in [6, 6.07) is 5.49. The smallest absolute Gasteiger partial charge is 0.308 e. The average Bonchev–Trinajstić information content (AvgIpc) is 2.91. The zero-order chi connectivity index (χ0) is 13.6. The minimum atomic E-state index is -0.977. The van der Waals surface area contributed by atoms with Crippen molar-refractivity contribution in [3.05, 3.63) is 22.7 Å². The second kappa shape index (κ2) is 4.34. The van der Waals surface area contributed by atoms with Gasteiger partial charge in [0.1, 0.15) is 5.52 Å². The summed E-state index contributed by atoms with van der Waals surface area (Å²) in [5.74, 6) is -1.96. The first-order valence-electron chi connectivity index (χ1n) is 5.64. The standard InChI is InChI=1S/C12H9BrN2O4/c13-7-1-2-8-9(4-7)19-12(14-8)15-5-6(11(17)18)3-10(15)16/h1-2,4,6H,3,5H2,(H,17,18). The first-order valence-corrected chi connectivity index (χ1v) is 6.43. The Morgan fingerprint density at radius 2 is 2.32 bits per heavy atom. The number of rotatable bonds is 2. The third-order valence-corrected chi connectivity index (χ3v) is 3.54. The van der Waals surface area contributed by atoms with E-state index in [1.54, 1.807) is 12.1 Å². The number of aliphatic carboxylic acids is 1. The van der Waals surface area contributed by atoms with Crippen molar-refractivity contribution in [2.24, 2.45) is 5.92 Å². The van der Waals surface area contributed by atoms with E-state index >= 15 is 0 Å². The number of fused-ring (bicyclic) bond motifs is 1. The Balaban J connectivity index is 1.96. The highest BCUT2D eigenvalue weighted by Crippen LogP contribution is 2.29. The molecule has 0 radical (unpaired) electrons. The van der Waals surface area contributed by atoms with Gasteiger partial charge in [-0.05, 0) is 18.2 Å². The first-order chi connectivity index (χ1) is 9.04. The summed E-state index contributed by atoms with van der Waals surface area (Å²) in [5.41, 5.74) is 1.18. The van der Waals surface area contributed by atoms with Crippen molar-refractivity contribution in [3.8, 4) is 0 Å². The van der Waals surface area contributed by atoms with E-state index in [0.29, 0.717) is 11.1 Å². The molecule has 3 rings (SSSR count). The van der Waals surface area contributed by atoms with Gasteiger partial charge in [0.2, 0.25) is 5.91 Å². The topological polar surface area (TPSA) is 83.6 Å². The summed E-state index contributed by atoms with van der Waals surface area (Å²) >= 11 is 3.32. The van der Waals surface area contributed by atoms with Crippen LogP contribution in [0.1, 0.15) is 6.42 Å². The number of carboxylic acid groups (broad SMARTS) is 1. The molecule has 0 spiro atoms. The first kappa shape index (κ1) is 12.2. The SMILES string of the molecule is O=C(O)C1CC(=O)N(c2nc3ccc(Br)cc3o2)C1. The van der Waals surface area contributed by atoms with Crippen LogP contribution in [0.4, 0.5) is 6.01 Å². The molecule has 1 amide bonds. The van der Waals surface area contributed by atoms with Crippen molar-refractivity contribution in [1.29, 1.82) is 0 Å². The van der Waals surface area contributed by atoms with Crippen LogP contribution in [0.2, 0.25) is 0 Å². The molecular formula is C12H9BrN2O4. The molecule has 0 bridgehead atoms. The van der Waals surface area contributed by atoms with E-state index in [1.807, 2.05) is 6.07 Å². The Labute approximate surface area is 116 Å². The fourth-order valence-electron chi connectivity index (χ4n) is 2.06. The number of hydrogen-bond acceptors (Lipinski definition) is 4. The lowest BCUT2D eigenvalue weighted by Crippen LogP contribution is -2.25. The van der Waals surface area contributed by atoms with E-state index in [1.165, 1.54) is 4.90 Å². The summed E-state index contributed by atoms with van der Waals surface area (Å²) in [6.45, 7) is 0.0994. The van der Waals surface area contributed by atoms with Crippen LogP contribution in [0.15, 0.2) is 27.1 Å². The van der Waals surface area contributed by atoms with Crippen molar-refractivity contribution in [3.63, 3.8) is 0 Å². The lowest BCUT2D eigenvalue weighted by molar-refractivity contribution is -0.141. The maximum atomic E-state index is 11.8. The predicted octanol–water partition coefficient (Wildman–Crippen LogP) is 2.03. The highest BCUT2D eigenvalue weighted by Gasteiger charge is 2.37. The minimum Gasteiger partial charge on any atom is -0.481 e. The quantitative estimate of drug-likeness (QED) is 0.913. The molecule has 19 heavy (non-hydrogen) atoms. The fraction of sp³-hybridized carbons (Fsp3) is 0.250. The van der Waals surface area contributed by atoms with Crippen LogP contribution in [0.5, 0.6) is 0 Å². The van der Waals surface area contributed by atoms with Gasteiger partial charge in [0, 0.05) is 17.4 Å². The molecule has 1 aromatic carbocycles. The van der Waals surface area contributed by atoms with Gasteiger partial charge in [0.25, 0.3) is 0 Å². The van der Waals surface area contributed by atoms with Crippen LogP contribution in [-0.2, 0) is 9.59 Å². The molecule has 6 nitrogen and oxygen atoms in total. The average molecular weight is 325 g/mol. The van der Waals surface area contributed by atoms with Crippen LogP contribution in [0.3, 0.4) is 0 Å². The molecule has 98 valence electrons. The molecule has 1 aromatic heterocycles. The third kappa shape index (κ3) is 2.10. The second-order valence-electron chi connectivity index (χ2n) is 4.35. The normalized spacial score (nSPS) is 19.3. The van der Waals surface area contributed by atoms with Crippen molar-refractivity contribution in [2.45, 2.75) is 6.42 Å². The highest BCUT2D eigenvalue weighted by atomic mass is 79.9. The number of amides is 1. The summed E-state index contributed by atoms with van der Waals surface area (Å²) in [7, 11) is 0. The van der Waals surface area contributed by atoms with Gasteiger partial charge in [0.05, 0.1) is 5.92 Å². The number of benzene rings is 1. The lowest BCUT2D eigenvalue weighted by Gasteiger charge is -2.09.